The van der Waals surface area contributed by atoms with Gasteiger partial charge >= 0.3 is 12.1 Å². The van der Waals surface area contributed by atoms with Gasteiger partial charge in [-0.1, -0.05) is 72.8 Å². The predicted molar refractivity (Wildman–Crippen MR) is 121 cm³/mol. The van der Waals surface area contributed by atoms with Crippen molar-refractivity contribution in [3.63, 3.8) is 0 Å². The fourth-order valence-corrected chi connectivity index (χ4v) is 4.53. The highest BCUT2D eigenvalue weighted by Crippen LogP contribution is 2.42. The molecule has 1 heterocycles. The second kappa shape index (κ2) is 8.87. The summed E-state index contributed by atoms with van der Waals surface area (Å²) < 4.78 is 6.91. The second-order valence-electron chi connectivity index (χ2n) is 7.16. The number of nitrogens with zero attached hydrogens (tertiary/aromatic N) is 1. The van der Waals surface area contributed by atoms with Crippen LogP contribution in [0, 0.1) is 3.57 Å². The fourth-order valence-electron chi connectivity index (χ4n) is 3.92. The van der Waals surface area contributed by atoms with Crippen molar-refractivity contribution in [2.75, 3.05) is 0 Å². The van der Waals surface area contributed by atoms with Crippen molar-refractivity contribution >= 4 is 34.7 Å². The number of benzene rings is 3. The molecule has 30 heavy (non-hydrogen) atoms. The molecule has 0 spiro atoms. The van der Waals surface area contributed by atoms with Crippen molar-refractivity contribution in [1.29, 1.82) is 0 Å². The van der Waals surface area contributed by atoms with Crippen LogP contribution in [0.5, 0.6) is 0 Å². The van der Waals surface area contributed by atoms with E-state index in [9.17, 15) is 14.7 Å². The van der Waals surface area contributed by atoms with Crippen molar-refractivity contribution in [2.24, 2.45) is 0 Å². The van der Waals surface area contributed by atoms with Crippen molar-refractivity contribution in [3.8, 4) is 0 Å². The molecule has 1 fully saturated rings. The van der Waals surface area contributed by atoms with Gasteiger partial charge in [-0.05, 0) is 51.4 Å². The van der Waals surface area contributed by atoms with Crippen LogP contribution < -0.4 is 0 Å². The van der Waals surface area contributed by atoms with Crippen molar-refractivity contribution < 1.29 is 19.4 Å². The molecule has 1 aliphatic rings. The minimum atomic E-state index is -1.14. The van der Waals surface area contributed by atoms with E-state index >= 15 is 0 Å². The maximum atomic E-state index is 13.0. The first kappa shape index (κ1) is 20.4. The number of carbonyl (C=O) groups excluding carboxylic acids is 1. The largest absolute Gasteiger partial charge is 0.465 e. The number of ether oxygens (including phenoxy) is 1. The van der Waals surface area contributed by atoms with Crippen LogP contribution in [-0.2, 0) is 16.0 Å². The summed E-state index contributed by atoms with van der Waals surface area (Å²) in [5, 5.41) is 10.2. The molecule has 0 saturated carbocycles. The average molecular weight is 513 g/mol. The summed E-state index contributed by atoms with van der Waals surface area (Å²) in [7, 11) is 0. The lowest BCUT2D eigenvalue weighted by Gasteiger charge is -2.44. The summed E-state index contributed by atoms with van der Waals surface area (Å²) in [6, 6.07) is 24.8. The number of cyclic esters (lactones) is 1. The van der Waals surface area contributed by atoms with Crippen LogP contribution in [0.15, 0.2) is 84.9 Å². The highest BCUT2D eigenvalue weighted by Gasteiger charge is 2.47. The highest BCUT2D eigenvalue weighted by molar-refractivity contribution is 14.1. The van der Waals surface area contributed by atoms with Crippen LogP contribution in [0.3, 0.4) is 0 Å². The van der Waals surface area contributed by atoms with Gasteiger partial charge in [0.25, 0.3) is 0 Å². The van der Waals surface area contributed by atoms with Crippen LogP contribution in [0.4, 0.5) is 4.79 Å². The van der Waals surface area contributed by atoms with Gasteiger partial charge in [-0.25, -0.2) is 9.59 Å². The van der Waals surface area contributed by atoms with E-state index in [1.165, 1.54) is 4.90 Å². The molecule has 1 aliphatic heterocycles. The van der Waals surface area contributed by atoms with E-state index in [2.05, 4.69) is 22.6 Å². The highest BCUT2D eigenvalue weighted by atomic mass is 127. The minimum Gasteiger partial charge on any atom is -0.465 e. The van der Waals surface area contributed by atoms with E-state index in [-0.39, 0.29) is 6.42 Å². The van der Waals surface area contributed by atoms with Crippen LogP contribution in [0.25, 0.3) is 0 Å². The summed E-state index contributed by atoms with van der Waals surface area (Å²) >= 11 is 2.20. The van der Waals surface area contributed by atoms with Gasteiger partial charge in [0, 0.05) is 9.99 Å². The van der Waals surface area contributed by atoms with Crippen molar-refractivity contribution in [3.05, 3.63) is 105 Å². The average Bonchev–Trinajstić information content (AvgIpc) is 2.75. The van der Waals surface area contributed by atoms with E-state index in [4.69, 9.17) is 4.74 Å². The molecule has 3 aromatic rings. The van der Waals surface area contributed by atoms with E-state index in [1.54, 1.807) is 0 Å². The third-order valence-corrected chi connectivity index (χ3v) is 5.92. The first-order chi connectivity index (χ1) is 14.5. The molecule has 6 heteroatoms. The molecular weight excluding hydrogens is 493 g/mol. The summed E-state index contributed by atoms with van der Waals surface area (Å²) in [5.41, 5.74) is 2.44. The molecule has 1 saturated heterocycles. The van der Waals surface area contributed by atoms with Gasteiger partial charge in [-0.3, -0.25) is 4.90 Å². The van der Waals surface area contributed by atoms with Crippen molar-refractivity contribution in [1.82, 2.24) is 4.90 Å². The second-order valence-corrected chi connectivity index (χ2v) is 8.41. The molecule has 4 rings (SSSR count). The number of hydrogen-bond donors (Lipinski definition) is 1. The number of carboxylic acid groups (broad SMARTS) is 1. The first-order valence-electron chi connectivity index (χ1n) is 9.60. The third kappa shape index (κ3) is 4.18. The number of carbonyl (C=O) groups is 2. The van der Waals surface area contributed by atoms with Crippen LogP contribution in [-0.4, -0.2) is 28.1 Å². The number of halogens is 1. The van der Waals surface area contributed by atoms with Crippen LogP contribution in [0.2, 0.25) is 0 Å². The summed E-state index contributed by atoms with van der Waals surface area (Å²) in [6.07, 6.45) is -1.60. The Morgan fingerprint density at radius 3 is 2.17 bits per heavy atom. The monoisotopic (exact) mass is 513 g/mol. The number of esters is 1. The lowest BCUT2D eigenvalue weighted by Crippen LogP contribution is -2.54. The van der Waals surface area contributed by atoms with Gasteiger partial charge in [0.15, 0.2) is 6.10 Å². The Morgan fingerprint density at radius 1 is 0.933 bits per heavy atom. The normalized spacial score (nSPS) is 21.2. The standard InChI is InChI=1S/C24H20INO4/c25-19-13-7-8-16(14-19)15-20-23(27)30-22(18-11-5-2-6-12-18)21(26(20)24(28)29)17-9-3-1-4-10-17/h1-14,20-22H,15H2,(H,28,29). The van der Waals surface area contributed by atoms with E-state index in [0.717, 1.165) is 20.3 Å². The number of hydrogen-bond acceptors (Lipinski definition) is 3. The lowest BCUT2D eigenvalue weighted by molar-refractivity contribution is -0.172. The molecule has 0 aromatic heterocycles. The molecule has 0 aliphatic carbocycles. The van der Waals surface area contributed by atoms with Gasteiger partial charge in [-0.2, -0.15) is 0 Å². The molecule has 152 valence electrons. The Bertz CT molecular complexity index is 1040. The van der Waals surface area contributed by atoms with Gasteiger partial charge in [0.1, 0.15) is 12.1 Å². The molecule has 1 amide bonds. The molecule has 0 bridgehead atoms. The van der Waals surface area contributed by atoms with E-state index < -0.39 is 30.3 Å². The SMILES string of the molecule is O=C1OC(c2ccccc2)C(c2ccccc2)N(C(=O)O)C1Cc1cccc(I)c1. The zero-order valence-corrected chi connectivity index (χ0v) is 18.2. The quantitative estimate of drug-likeness (QED) is 0.384. The molecular formula is C24H20INO4. The Labute approximate surface area is 188 Å². The van der Waals surface area contributed by atoms with Crippen molar-refractivity contribution in [2.45, 2.75) is 24.6 Å². The lowest BCUT2D eigenvalue weighted by atomic mass is 9.90. The number of amides is 1. The van der Waals surface area contributed by atoms with Crippen LogP contribution in [0.1, 0.15) is 28.8 Å². The fraction of sp³-hybridized carbons (Fsp3) is 0.167. The topological polar surface area (TPSA) is 66.8 Å². The Balaban J connectivity index is 1.79. The van der Waals surface area contributed by atoms with Gasteiger partial charge in [-0.15, -0.1) is 0 Å². The smallest absolute Gasteiger partial charge is 0.408 e. The third-order valence-electron chi connectivity index (χ3n) is 5.25. The van der Waals surface area contributed by atoms with Gasteiger partial charge < -0.3 is 9.84 Å². The maximum Gasteiger partial charge on any atom is 0.408 e. The predicted octanol–water partition coefficient (Wildman–Crippen LogP) is 5.22. The van der Waals surface area contributed by atoms with Gasteiger partial charge in [0.05, 0.1) is 0 Å². The Morgan fingerprint density at radius 2 is 1.57 bits per heavy atom. The number of rotatable bonds is 4. The van der Waals surface area contributed by atoms with Gasteiger partial charge in [0.2, 0.25) is 0 Å². The zero-order chi connectivity index (χ0) is 21.1. The Kier molecular flexibility index (Phi) is 6.03. The summed E-state index contributed by atoms with van der Waals surface area (Å²) in [4.78, 5) is 26.7. The maximum absolute atomic E-state index is 13.0. The van der Waals surface area contributed by atoms with Crippen LogP contribution >= 0.6 is 22.6 Å². The molecule has 3 atom stereocenters. The summed E-state index contributed by atoms with van der Waals surface area (Å²) in [6.45, 7) is 0. The summed E-state index contributed by atoms with van der Waals surface area (Å²) in [5.74, 6) is -0.530. The Hall–Kier alpha value is -2.87. The molecule has 3 unspecified atom stereocenters. The van der Waals surface area contributed by atoms with E-state index in [0.29, 0.717) is 0 Å². The number of morpholine rings is 1. The molecule has 5 nitrogen and oxygen atoms in total. The molecule has 0 radical (unpaired) electrons. The first-order valence-corrected chi connectivity index (χ1v) is 10.7. The zero-order valence-electron chi connectivity index (χ0n) is 16.0. The minimum absolute atomic E-state index is 0.257. The van der Waals surface area contributed by atoms with E-state index in [1.807, 2.05) is 84.9 Å². The molecule has 1 N–H and O–H groups in total. The molecule has 3 aromatic carbocycles.